The number of fused-ring (bicyclic) bond motifs is 2. The van der Waals surface area contributed by atoms with E-state index in [1.807, 2.05) is 13.8 Å². The van der Waals surface area contributed by atoms with Crippen molar-refractivity contribution >= 4 is 5.91 Å². The van der Waals surface area contributed by atoms with Gasteiger partial charge in [0, 0.05) is 6.04 Å². The summed E-state index contributed by atoms with van der Waals surface area (Å²) < 4.78 is 0. The van der Waals surface area contributed by atoms with E-state index in [1.165, 1.54) is 6.42 Å². The van der Waals surface area contributed by atoms with Gasteiger partial charge in [-0.2, -0.15) is 0 Å². The quantitative estimate of drug-likeness (QED) is 0.645. The van der Waals surface area contributed by atoms with E-state index >= 15 is 0 Å². The van der Waals surface area contributed by atoms with Crippen molar-refractivity contribution in [3.8, 4) is 0 Å². The molecule has 2 saturated carbocycles. The normalized spacial score (nSPS) is 37.8. The van der Waals surface area contributed by atoms with Crippen molar-refractivity contribution in [1.82, 2.24) is 5.32 Å². The molecule has 1 amide bonds. The van der Waals surface area contributed by atoms with Crippen LogP contribution in [0.3, 0.4) is 0 Å². The summed E-state index contributed by atoms with van der Waals surface area (Å²) in [6.07, 6.45) is 3.42. The number of aliphatic hydroxyl groups excluding tert-OH is 1. The van der Waals surface area contributed by atoms with Crippen molar-refractivity contribution in [3.05, 3.63) is 0 Å². The highest BCUT2D eigenvalue weighted by atomic mass is 16.3. The molecule has 2 fully saturated rings. The number of rotatable bonds is 3. The second kappa shape index (κ2) is 4.00. The first-order valence-electron chi connectivity index (χ1n) is 6.13. The predicted molar refractivity (Wildman–Crippen MR) is 61.6 cm³/mol. The average molecular weight is 226 g/mol. The van der Waals surface area contributed by atoms with Crippen LogP contribution in [0.2, 0.25) is 0 Å². The molecule has 2 aliphatic carbocycles. The highest BCUT2D eigenvalue weighted by Gasteiger charge is 2.49. The third-order valence-corrected chi connectivity index (χ3v) is 4.14. The highest BCUT2D eigenvalue weighted by Crippen LogP contribution is 2.47. The molecule has 4 unspecified atom stereocenters. The van der Waals surface area contributed by atoms with Crippen LogP contribution in [0, 0.1) is 17.8 Å². The van der Waals surface area contributed by atoms with Gasteiger partial charge in [0.1, 0.15) is 0 Å². The van der Waals surface area contributed by atoms with Gasteiger partial charge in [-0.25, -0.2) is 0 Å². The maximum Gasteiger partial charge on any atom is 0.225 e. The van der Waals surface area contributed by atoms with E-state index in [1.54, 1.807) is 0 Å². The maximum atomic E-state index is 12.1. The molecule has 4 heteroatoms. The van der Waals surface area contributed by atoms with Gasteiger partial charge < -0.3 is 16.2 Å². The molecule has 0 aliphatic heterocycles. The molecule has 92 valence electrons. The van der Waals surface area contributed by atoms with Crippen LogP contribution in [-0.2, 0) is 4.79 Å². The number of carbonyl (C=O) groups is 1. The predicted octanol–water partition coefficient (Wildman–Crippen LogP) is 0.247. The van der Waals surface area contributed by atoms with Gasteiger partial charge in [0.15, 0.2) is 0 Å². The second-order valence-corrected chi connectivity index (χ2v) is 5.97. The third kappa shape index (κ3) is 1.96. The summed E-state index contributed by atoms with van der Waals surface area (Å²) in [7, 11) is 0. The van der Waals surface area contributed by atoms with Crippen LogP contribution in [0.1, 0.15) is 33.1 Å². The number of carbonyl (C=O) groups excluding carboxylic acids is 1. The van der Waals surface area contributed by atoms with E-state index < -0.39 is 5.54 Å². The van der Waals surface area contributed by atoms with Crippen LogP contribution in [0.25, 0.3) is 0 Å². The summed E-state index contributed by atoms with van der Waals surface area (Å²) in [5, 5.41) is 12.0. The fourth-order valence-corrected chi connectivity index (χ4v) is 3.18. The minimum atomic E-state index is -0.543. The minimum Gasteiger partial charge on any atom is -0.394 e. The van der Waals surface area contributed by atoms with Gasteiger partial charge in [0.2, 0.25) is 5.91 Å². The molecule has 2 rings (SSSR count). The smallest absolute Gasteiger partial charge is 0.225 e. The first-order valence-corrected chi connectivity index (χ1v) is 6.13. The van der Waals surface area contributed by atoms with Crippen molar-refractivity contribution in [3.63, 3.8) is 0 Å². The molecule has 0 aromatic carbocycles. The number of hydrogen-bond donors (Lipinski definition) is 3. The lowest BCUT2D eigenvalue weighted by atomic mass is 9.84. The summed E-state index contributed by atoms with van der Waals surface area (Å²) in [5.41, 5.74) is 5.56. The van der Waals surface area contributed by atoms with Gasteiger partial charge >= 0.3 is 0 Å². The summed E-state index contributed by atoms with van der Waals surface area (Å²) in [4.78, 5) is 12.1. The standard InChI is InChI=1S/C12H22N2O2/c1-12(2,6-15)14-11(16)9-7-3-4-8(5-7)10(9)13/h7-10,15H,3-6,13H2,1-2H3,(H,14,16). The Bertz CT molecular complexity index is 289. The Morgan fingerprint density at radius 2 is 2.06 bits per heavy atom. The second-order valence-electron chi connectivity index (χ2n) is 5.97. The molecule has 4 atom stereocenters. The van der Waals surface area contributed by atoms with Crippen LogP contribution in [-0.4, -0.2) is 29.2 Å². The van der Waals surface area contributed by atoms with Gasteiger partial charge in [-0.3, -0.25) is 4.79 Å². The number of amides is 1. The van der Waals surface area contributed by atoms with Crippen molar-refractivity contribution in [2.75, 3.05) is 6.61 Å². The highest BCUT2D eigenvalue weighted by molar-refractivity contribution is 5.81. The molecule has 0 heterocycles. The Morgan fingerprint density at radius 3 is 2.56 bits per heavy atom. The van der Waals surface area contributed by atoms with Gasteiger partial charge in [-0.15, -0.1) is 0 Å². The molecule has 2 bridgehead atoms. The lowest BCUT2D eigenvalue weighted by molar-refractivity contribution is -0.129. The molecule has 2 aliphatic rings. The number of nitrogens with one attached hydrogen (secondary N) is 1. The van der Waals surface area contributed by atoms with E-state index in [9.17, 15) is 4.79 Å². The van der Waals surface area contributed by atoms with E-state index in [4.69, 9.17) is 10.8 Å². The summed E-state index contributed by atoms with van der Waals surface area (Å²) in [5.74, 6) is 0.996. The first-order chi connectivity index (χ1) is 7.44. The zero-order valence-electron chi connectivity index (χ0n) is 10.1. The lowest BCUT2D eigenvalue weighted by Crippen LogP contribution is -2.53. The summed E-state index contributed by atoms with van der Waals surface area (Å²) >= 11 is 0. The molecular weight excluding hydrogens is 204 g/mol. The number of hydrogen-bond acceptors (Lipinski definition) is 3. The molecule has 0 radical (unpaired) electrons. The zero-order chi connectivity index (χ0) is 11.9. The topological polar surface area (TPSA) is 75.3 Å². The maximum absolute atomic E-state index is 12.1. The molecule has 4 nitrogen and oxygen atoms in total. The first kappa shape index (κ1) is 11.9. The van der Waals surface area contributed by atoms with Gasteiger partial charge in [0.25, 0.3) is 0 Å². The monoisotopic (exact) mass is 226 g/mol. The average Bonchev–Trinajstić information content (AvgIpc) is 2.76. The van der Waals surface area contributed by atoms with Crippen LogP contribution >= 0.6 is 0 Å². The molecule has 16 heavy (non-hydrogen) atoms. The Balaban J connectivity index is 2.00. The molecule has 4 N–H and O–H groups in total. The Hall–Kier alpha value is -0.610. The van der Waals surface area contributed by atoms with Crippen LogP contribution < -0.4 is 11.1 Å². The van der Waals surface area contributed by atoms with Gasteiger partial charge in [-0.05, 0) is 44.9 Å². The summed E-state index contributed by atoms with van der Waals surface area (Å²) in [6, 6.07) is 0.0215. The van der Waals surface area contributed by atoms with Crippen LogP contribution in [0.15, 0.2) is 0 Å². The Labute approximate surface area is 96.6 Å². The summed E-state index contributed by atoms with van der Waals surface area (Å²) in [6.45, 7) is 3.60. The SMILES string of the molecule is CC(C)(CO)NC(=O)C1C2CCC(C2)C1N. The molecule has 0 aromatic heterocycles. The van der Waals surface area contributed by atoms with E-state index in [2.05, 4.69) is 5.32 Å². The minimum absolute atomic E-state index is 0.0215. The molecule has 0 saturated heterocycles. The number of nitrogens with two attached hydrogens (primary N) is 1. The fraction of sp³-hybridized carbons (Fsp3) is 0.917. The third-order valence-electron chi connectivity index (χ3n) is 4.14. The fourth-order valence-electron chi connectivity index (χ4n) is 3.18. The van der Waals surface area contributed by atoms with Crippen molar-refractivity contribution in [1.29, 1.82) is 0 Å². The largest absolute Gasteiger partial charge is 0.394 e. The van der Waals surface area contributed by atoms with Crippen LogP contribution in [0.4, 0.5) is 0 Å². The Kier molecular flexibility index (Phi) is 2.97. The molecule has 0 aromatic rings. The van der Waals surface area contributed by atoms with Crippen molar-refractivity contribution in [2.45, 2.75) is 44.7 Å². The molecule has 0 spiro atoms. The zero-order valence-corrected chi connectivity index (χ0v) is 10.1. The van der Waals surface area contributed by atoms with E-state index in [0.717, 1.165) is 12.8 Å². The van der Waals surface area contributed by atoms with Crippen molar-refractivity contribution < 1.29 is 9.90 Å². The van der Waals surface area contributed by atoms with Crippen LogP contribution in [0.5, 0.6) is 0 Å². The van der Waals surface area contributed by atoms with Gasteiger partial charge in [0.05, 0.1) is 18.1 Å². The Morgan fingerprint density at radius 1 is 1.44 bits per heavy atom. The van der Waals surface area contributed by atoms with Gasteiger partial charge in [-0.1, -0.05) is 0 Å². The lowest BCUT2D eigenvalue weighted by Gasteiger charge is -2.31. The van der Waals surface area contributed by atoms with E-state index in [-0.39, 0.29) is 24.5 Å². The molecular formula is C12H22N2O2. The van der Waals surface area contributed by atoms with Crippen molar-refractivity contribution in [2.24, 2.45) is 23.5 Å². The number of aliphatic hydroxyl groups is 1. The van der Waals surface area contributed by atoms with E-state index in [0.29, 0.717) is 11.8 Å².